The summed E-state index contributed by atoms with van der Waals surface area (Å²) >= 11 is 0. The Balaban J connectivity index is 2.26. The maximum absolute atomic E-state index is 8.12. The number of hydrogen-bond donors (Lipinski definition) is 0. The summed E-state index contributed by atoms with van der Waals surface area (Å²) in [5.74, 6) is -0.403. The Morgan fingerprint density at radius 3 is 2.59 bits per heavy atom. The molecule has 0 bridgehead atoms. The number of benzene rings is 1. The van der Waals surface area contributed by atoms with Crippen molar-refractivity contribution in [3.8, 4) is 11.3 Å². The number of oxazole rings is 1. The summed E-state index contributed by atoms with van der Waals surface area (Å²) in [7, 11) is 2.00. The highest BCUT2D eigenvalue weighted by atomic mass is 16.3. The number of fused-ring (bicyclic) bond motifs is 1. The molecule has 22 heavy (non-hydrogen) atoms. The number of pyridine rings is 1. The Bertz CT molecular complexity index is 904. The Hall–Kier alpha value is -2.16. The lowest BCUT2D eigenvalue weighted by atomic mass is 9.97. The van der Waals surface area contributed by atoms with E-state index < -0.39 is 5.89 Å². The molecule has 3 aromatic rings. The van der Waals surface area contributed by atoms with Gasteiger partial charge < -0.3 is 4.42 Å². The van der Waals surface area contributed by atoms with Crippen molar-refractivity contribution in [2.75, 3.05) is 0 Å². The SMILES string of the molecule is [2H]C(C)(C)c1nc2c(ccc(-c3cc(C)cc(C)c3C)[n+]2C)o1. The van der Waals surface area contributed by atoms with Gasteiger partial charge in [0.25, 0.3) is 0 Å². The van der Waals surface area contributed by atoms with Gasteiger partial charge in [-0.2, -0.15) is 0 Å². The Kier molecular flexibility index (Phi) is 3.21. The van der Waals surface area contributed by atoms with E-state index >= 15 is 0 Å². The van der Waals surface area contributed by atoms with Crippen LogP contribution in [0.5, 0.6) is 0 Å². The summed E-state index contributed by atoms with van der Waals surface area (Å²) < 4.78 is 15.9. The van der Waals surface area contributed by atoms with Gasteiger partial charge in [0, 0.05) is 6.93 Å². The molecule has 0 aliphatic carbocycles. The predicted molar refractivity (Wildman–Crippen MR) is 88.9 cm³/mol. The molecule has 3 rings (SSSR count). The van der Waals surface area contributed by atoms with Crippen molar-refractivity contribution in [3.63, 3.8) is 0 Å². The van der Waals surface area contributed by atoms with E-state index in [2.05, 4.69) is 48.5 Å². The Morgan fingerprint density at radius 1 is 1.18 bits per heavy atom. The van der Waals surface area contributed by atoms with Crippen molar-refractivity contribution >= 4 is 11.2 Å². The average Bonchev–Trinajstić information content (AvgIpc) is 2.89. The highest BCUT2D eigenvalue weighted by Crippen LogP contribution is 2.27. The summed E-state index contributed by atoms with van der Waals surface area (Å²) in [5, 5.41) is 0. The monoisotopic (exact) mass is 296 g/mol. The summed E-state index contributed by atoms with van der Waals surface area (Å²) in [6.45, 7) is 9.97. The van der Waals surface area contributed by atoms with E-state index in [1.807, 2.05) is 13.1 Å². The van der Waals surface area contributed by atoms with Gasteiger partial charge in [0.2, 0.25) is 5.58 Å². The van der Waals surface area contributed by atoms with E-state index in [4.69, 9.17) is 5.79 Å². The predicted octanol–water partition coefficient (Wildman–Crippen LogP) is 4.37. The molecule has 2 heterocycles. The Labute approximate surface area is 133 Å². The van der Waals surface area contributed by atoms with Crippen molar-refractivity contribution in [2.45, 2.75) is 40.5 Å². The fraction of sp³-hybridized carbons (Fsp3) is 0.368. The second-order valence-electron chi connectivity index (χ2n) is 6.24. The van der Waals surface area contributed by atoms with Crippen LogP contribution in [0.1, 0.15) is 43.7 Å². The van der Waals surface area contributed by atoms with Gasteiger partial charge >= 0.3 is 11.5 Å². The first-order valence-corrected chi connectivity index (χ1v) is 7.57. The van der Waals surface area contributed by atoms with Crippen molar-refractivity contribution in [1.29, 1.82) is 0 Å². The van der Waals surface area contributed by atoms with Crippen molar-refractivity contribution in [2.24, 2.45) is 7.05 Å². The topological polar surface area (TPSA) is 29.9 Å². The lowest BCUT2D eigenvalue weighted by Gasteiger charge is -2.10. The van der Waals surface area contributed by atoms with Crippen LogP contribution in [-0.4, -0.2) is 4.98 Å². The molecule has 0 fully saturated rings. The molecule has 0 spiro atoms. The van der Waals surface area contributed by atoms with Gasteiger partial charge in [0.15, 0.2) is 0 Å². The molecule has 0 aliphatic rings. The first-order chi connectivity index (χ1) is 10.7. The van der Waals surface area contributed by atoms with Crippen molar-refractivity contribution in [1.82, 2.24) is 4.98 Å². The van der Waals surface area contributed by atoms with Crippen LogP contribution < -0.4 is 4.57 Å². The third-order valence-corrected chi connectivity index (χ3v) is 4.22. The quantitative estimate of drug-likeness (QED) is 0.657. The molecule has 3 heteroatoms. The number of aromatic nitrogens is 2. The molecule has 0 saturated heterocycles. The van der Waals surface area contributed by atoms with Crippen LogP contribution in [-0.2, 0) is 7.05 Å². The van der Waals surface area contributed by atoms with Crippen molar-refractivity contribution < 1.29 is 10.4 Å². The number of hydrogen-bond acceptors (Lipinski definition) is 2. The first kappa shape index (κ1) is 13.5. The van der Waals surface area contributed by atoms with E-state index in [1.54, 1.807) is 13.8 Å². The molecular weight excluding hydrogens is 272 g/mol. The molecule has 1 aromatic carbocycles. The van der Waals surface area contributed by atoms with Gasteiger partial charge in [-0.1, -0.05) is 25.5 Å². The van der Waals surface area contributed by atoms with E-state index in [9.17, 15) is 0 Å². The van der Waals surface area contributed by atoms with Gasteiger partial charge in [-0.25, -0.2) is 4.57 Å². The fourth-order valence-electron chi connectivity index (χ4n) is 2.84. The third-order valence-electron chi connectivity index (χ3n) is 4.22. The molecule has 0 saturated carbocycles. The molecule has 0 atom stereocenters. The lowest BCUT2D eigenvalue weighted by Crippen LogP contribution is -2.32. The summed E-state index contributed by atoms with van der Waals surface area (Å²) in [6, 6.07) is 8.42. The van der Waals surface area contributed by atoms with E-state index in [-0.39, 0.29) is 0 Å². The summed E-state index contributed by atoms with van der Waals surface area (Å²) in [5.41, 5.74) is 7.61. The third kappa shape index (κ3) is 2.31. The lowest BCUT2D eigenvalue weighted by molar-refractivity contribution is -0.635. The van der Waals surface area contributed by atoms with Crippen LogP contribution in [0.15, 0.2) is 28.7 Å². The molecule has 2 aromatic heterocycles. The summed E-state index contributed by atoms with van der Waals surface area (Å²) in [6.07, 6.45) is 0. The van der Waals surface area contributed by atoms with Crippen molar-refractivity contribution in [3.05, 3.63) is 46.8 Å². The largest absolute Gasteiger partial charge is 0.414 e. The average molecular weight is 296 g/mol. The van der Waals surface area contributed by atoms with Crippen LogP contribution >= 0.6 is 0 Å². The zero-order valence-electron chi connectivity index (χ0n) is 15.1. The fourth-order valence-corrected chi connectivity index (χ4v) is 2.84. The standard InChI is InChI=1S/C19H23N2O/c1-11(2)19-20-18-17(22-19)8-7-16(21(18)6)15-10-12(3)9-13(4)14(15)5/h7-11H,1-6H3/q+1/i11D. The molecule has 3 nitrogen and oxygen atoms in total. The van der Waals surface area contributed by atoms with E-state index in [1.165, 1.54) is 22.3 Å². The van der Waals surface area contributed by atoms with Gasteiger partial charge in [-0.15, -0.1) is 0 Å². The zero-order valence-corrected chi connectivity index (χ0v) is 14.1. The minimum Gasteiger partial charge on any atom is -0.414 e. The van der Waals surface area contributed by atoms with Crippen LogP contribution in [0.3, 0.4) is 0 Å². The van der Waals surface area contributed by atoms with E-state index in [0.29, 0.717) is 11.5 Å². The Morgan fingerprint density at radius 2 is 1.91 bits per heavy atom. The second kappa shape index (κ2) is 5.24. The maximum Gasteiger partial charge on any atom is 0.370 e. The molecule has 114 valence electrons. The van der Waals surface area contributed by atoms with Gasteiger partial charge in [0.05, 0.1) is 12.9 Å². The van der Waals surface area contributed by atoms with Gasteiger partial charge in [0.1, 0.15) is 5.69 Å². The summed E-state index contributed by atoms with van der Waals surface area (Å²) in [4.78, 5) is 4.55. The molecule has 0 N–H and O–H groups in total. The molecule has 0 aliphatic heterocycles. The molecule has 0 radical (unpaired) electrons. The number of rotatable bonds is 2. The van der Waals surface area contributed by atoms with Gasteiger partial charge in [-0.05, 0) is 55.1 Å². The van der Waals surface area contributed by atoms with Gasteiger partial charge in [-0.3, -0.25) is 0 Å². The first-order valence-electron chi connectivity index (χ1n) is 8.07. The highest BCUT2D eigenvalue weighted by Gasteiger charge is 2.22. The van der Waals surface area contributed by atoms with E-state index in [0.717, 1.165) is 11.3 Å². The normalized spacial score (nSPS) is 12.7. The molecule has 0 amide bonds. The van der Waals surface area contributed by atoms with Crippen LogP contribution in [0.25, 0.3) is 22.5 Å². The second-order valence-corrected chi connectivity index (χ2v) is 6.24. The molecule has 0 unspecified atom stereocenters. The molecular formula is C19H23N2O+. The maximum atomic E-state index is 8.12. The highest BCUT2D eigenvalue weighted by molar-refractivity contribution is 5.70. The minimum absolute atomic E-state index is 0.442. The zero-order chi connectivity index (χ0) is 16.9. The number of nitrogens with zero attached hydrogens (tertiary/aromatic N) is 2. The minimum atomic E-state index is -0.845. The van der Waals surface area contributed by atoms with Crippen LogP contribution in [0.4, 0.5) is 0 Å². The van der Waals surface area contributed by atoms with Crippen LogP contribution in [0, 0.1) is 20.8 Å². The van der Waals surface area contributed by atoms with Crippen LogP contribution in [0.2, 0.25) is 0 Å². The number of aryl methyl sites for hydroxylation is 3. The smallest absolute Gasteiger partial charge is 0.370 e.